The lowest BCUT2D eigenvalue weighted by atomic mass is 10.0. The van der Waals surface area contributed by atoms with Crippen LogP contribution in [0.3, 0.4) is 0 Å². The van der Waals surface area contributed by atoms with Crippen LogP contribution in [0.1, 0.15) is 30.9 Å². The van der Waals surface area contributed by atoms with E-state index in [4.69, 9.17) is 10.5 Å². The van der Waals surface area contributed by atoms with Crippen molar-refractivity contribution in [1.29, 1.82) is 0 Å². The van der Waals surface area contributed by atoms with Gasteiger partial charge in [0.1, 0.15) is 6.10 Å². The minimum absolute atomic E-state index is 0.0305. The zero-order valence-electron chi connectivity index (χ0n) is 15.7. The van der Waals surface area contributed by atoms with Crippen LogP contribution >= 0.6 is 0 Å². The Bertz CT molecular complexity index is 808. The highest BCUT2D eigenvalue weighted by atomic mass is 16.5. The minimum Gasteiger partial charge on any atom is -0.372 e. The molecule has 6 heteroatoms. The highest BCUT2D eigenvalue weighted by molar-refractivity contribution is 5.87. The SMILES string of the molecule is COC1CCCCN(CC(=O)NC(CN)c2ccc3ccccc3c2)C1=O. The fourth-order valence-electron chi connectivity index (χ4n) is 3.56. The number of nitrogens with one attached hydrogen (secondary N) is 1. The number of carbonyl (C=O) groups excluding carboxylic acids is 2. The van der Waals surface area contributed by atoms with Gasteiger partial charge in [-0.15, -0.1) is 0 Å². The van der Waals surface area contributed by atoms with Crippen LogP contribution in [0.2, 0.25) is 0 Å². The molecule has 1 aliphatic heterocycles. The zero-order chi connectivity index (χ0) is 19.2. The number of amides is 2. The standard InChI is InChI=1S/C21H27N3O3/c1-27-19-8-4-5-11-24(21(19)26)14-20(25)23-18(13-22)17-10-9-15-6-2-3-7-16(15)12-17/h2-3,6-7,9-10,12,18-19H,4-5,8,11,13-14,22H2,1H3,(H,23,25). The van der Waals surface area contributed by atoms with E-state index in [-0.39, 0.29) is 24.4 Å². The molecule has 1 heterocycles. The summed E-state index contributed by atoms with van der Waals surface area (Å²) in [6.07, 6.45) is 2.05. The van der Waals surface area contributed by atoms with Crippen molar-refractivity contribution in [2.24, 2.45) is 5.73 Å². The molecular formula is C21H27N3O3. The van der Waals surface area contributed by atoms with Crippen molar-refractivity contribution in [3.05, 3.63) is 48.0 Å². The average Bonchev–Trinajstić information content (AvgIpc) is 2.87. The fourth-order valence-corrected chi connectivity index (χ4v) is 3.56. The maximum absolute atomic E-state index is 12.6. The lowest BCUT2D eigenvalue weighted by Crippen LogP contribution is -2.46. The summed E-state index contributed by atoms with van der Waals surface area (Å²) in [6.45, 7) is 0.900. The van der Waals surface area contributed by atoms with Crippen molar-refractivity contribution in [2.45, 2.75) is 31.4 Å². The molecule has 0 radical (unpaired) electrons. The van der Waals surface area contributed by atoms with Crippen LogP contribution in [0.4, 0.5) is 0 Å². The molecule has 2 aromatic rings. The van der Waals surface area contributed by atoms with Gasteiger partial charge in [0, 0.05) is 20.2 Å². The van der Waals surface area contributed by atoms with Gasteiger partial charge in [-0.3, -0.25) is 9.59 Å². The van der Waals surface area contributed by atoms with Gasteiger partial charge in [0.25, 0.3) is 5.91 Å². The first kappa shape index (κ1) is 19.3. The topological polar surface area (TPSA) is 84.7 Å². The Labute approximate surface area is 159 Å². The summed E-state index contributed by atoms with van der Waals surface area (Å²) in [6, 6.07) is 13.8. The second-order valence-corrected chi connectivity index (χ2v) is 6.94. The van der Waals surface area contributed by atoms with E-state index in [9.17, 15) is 9.59 Å². The van der Waals surface area contributed by atoms with E-state index in [2.05, 4.69) is 5.32 Å². The molecule has 6 nitrogen and oxygen atoms in total. The smallest absolute Gasteiger partial charge is 0.252 e. The Kier molecular flexibility index (Phi) is 6.42. The Morgan fingerprint density at radius 2 is 2.04 bits per heavy atom. The largest absolute Gasteiger partial charge is 0.372 e. The summed E-state index contributed by atoms with van der Waals surface area (Å²) in [5, 5.41) is 5.22. The van der Waals surface area contributed by atoms with Gasteiger partial charge in [-0.2, -0.15) is 0 Å². The van der Waals surface area contributed by atoms with Crippen LogP contribution in [0.25, 0.3) is 10.8 Å². The first-order chi connectivity index (χ1) is 13.1. The van der Waals surface area contributed by atoms with Gasteiger partial charge < -0.3 is 20.7 Å². The summed E-state index contributed by atoms with van der Waals surface area (Å²) >= 11 is 0. The summed E-state index contributed by atoms with van der Waals surface area (Å²) in [5.74, 6) is -0.316. The molecule has 3 rings (SSSR count). The second kappa shape index (κ2) is 8.97. The van der Waals surface area contributed by atoms with E-state index in [0.29, 0.717) is 19.5 Å². The molecular weight excluding hydrogens is 342 g/mol. The second-order valence-electron chi connectivity index (χ2n) is 6.94. The number of nitrogens with zero attached hydrogens (tertiary/aromatic N) is 1. The summed E-state index contributed by atoms with van der Waals surface area (Å²) < 4.78 is 5.26. The van der Waals surface area contributed by atoms with Crippen molar-refractivity contribution in [3.63, 3.8) is 0 Å². The lowest BCUT2D eigenvalue weighted by molar-refractivity contribution is -0.144. The van der Waals surface area contributed by atoms with Gasteiger partial charge in [0.15, 0.2) is 0 Å². The van der Waals surface area contributed by atoms with Crippen molar-refractivity contribution in [1.82, 2.24) is 10.2 Å². The Morgan fingerprint density at radius 3 is 2.78 bits per heavy atom. The number of fused-ring (bicyclic) bond motifs is 1. The summed E-state index contributed by atoms with van der Waals surface area (Å²) in [7, 11) is 1.54. The van der Waals surface area contributed by atoms with E-state index in [1.165, 1.54) is 7.11 Å². The molecule has 0 aliphatic carbocycles. The number of hydrogen-bond acceptors (Lipinski definition) is 4. The molecule has 2 atom stereocenters. The number of benzene rings is 2. The van der Waals surface area contributed by atoms with E-state index < -0.39 is 6.10 Å². The van der Waals surface area contributed by atoms with E-state index >= 15 is 0 Å². The minimum atomic E-state index is -0.453. The van der Waals surface area contributed by atoms with Crippen molar-refractivity contribution < 1.29 is 14.3 Å². The van der Waals surface area contributed by atoms with Crippen molar-refractivity contribution in [2.75, 3.05) is 26.7 Å². The summed E-state index contributed by atoms with van der Waals surface area (Å²) in [4.78, 5) is 26.6. The third kappa shape index (κ3) is 4.64. The van der Waals surface area contributed by atoms with Gasteiger partial charge in [0.05, 0.1) is 12.6 Å². The highest BCUT2D eigenvalue weighted by Crippen LogP contribution is 2.20. The molecule has 1 saturated heterocycles. The predicted octanol–water partition coefficient (Wildman–Crippen LogP) is 1.98. The van der Waals surface area contributed by atoms with Gasteiger partial charge in [-0.1, -0.05) is 36.4 Å². The third-order valence-corrected chi connectivity index (χ3v) is 5.10. The quantitative estimate of drug-likeness (QED) is 0.815. The molecule has 0 spiro atoms. The third-order valence-electron chi connectivity index (χ3n) is 5.10. The van der Waals surface area contributed by atoms with Gasteiger partial charge in [-0.25, -0.2) is 0 Å². The van der Waals surface area contributed by atoms with Crippen LogP contribution < -0.4 is 11.1 Å². The van der Waals surface area contributed by atoms with E-state index in [1.54, 1.807) is 4.90 Å². The Morgan fingerprint density at radius 1 is 1.26 bits per heavy atom. The van der Waals surface area contributed by atoms with Crippen LogP contribution in [-0.4, -0.2) is 49.6 Å². The molecule has 0 aromatic heterocycles. The van der Waals surface area contributed by atoms with Crippen molar-refractivity contribution >= 4 is 22.6 Å². The molecule has 1 fully saturated rings. The molecule has 27 heavy (non-hydrogen) atoms. The maximum atomic E-state index is 12.6. The number of likely N-dealkylation sites (tertiary alicyclic amines) is 1. The number of nitrogens with two attached hydrogens (primary N) is 1. The molecule has 0 bridgehead atoms. The zero-order valence-corrected chi connectivity index (χ0v) is 15.7. The molecule has 3 N–H and O–H groups in total. The molecule has 2 aromatic carbocycles. The molecule has 0 saturated carbocycles. The van der Waals surface area contributed by atoms with Crippen LogP contribution in [0, 0.1) is 0 Å². The Balaban J connectivity index is 1.68. The molecule has 2 amide bonds. The molecule has 2 unspecified atom stereocenters. The normalized spacial score (nSPS) is 19.0. The van der Waals surface area contributed by atoms with Crippen LogP contribution in [-0.2, 0) is 14.3 Å². The Hall–Kier alpha value is -2.44. The number of carbonyl (C=O) groups is 2. The number of methoxy groups -OCH3 is 1. The lowest BCUT2D eigenvalue weighted by Gasteiger charge is -2.25. The van der Waals surface area contributed by atoms with Gasteiger partial charge in [0.2, 0.25) is 5.91 Å². The van der Waals surface area contributed by atoms with E-state index in [1.807, 2.05) is 42.5 Å². The fraction of sp³-hybridized carbons (Fsp3) is 0.429. The maximum Gasteiger partial charge on any atom is 0.252 e. The molecule has 144 valence electrons. The van der Waals surface area contributed by atoms with Crippen molar-refractivity contribution in [3.8, 4) is 0 Å². The number of ether oxygens (including phenoxy) is 1. The number of hydrogen-bond donors (Lipinski definition) is 2. The highest BCUT2D eigenvalue weighted by Gasteiger charge is 2.28. The van der Waals surface area contributed by atoms with Crippen LogP contribution in [0.15, 0.2) is 42.5 Å². The van der Waals surface area contributed by atoms with Gasteiger partial charge >= 0.3 is 0 Å². The average molecular weight is 369 g/mol. The molecule has 1 aliphatic rings. The number of rotatable bonds is 6. The first-order valence-corrected chi connectivity index (χ1v) is 9.42. The summed E-state index contributed by atoms with van der Waals surface area (Å²) in [5.41, 5.74) is 6.87. The van der Waals surface area contributed by atoms with Gasteiger partial charge in [-0.05, 0) is 41.7 Å². The monoisotopic (exact) mass is 369 g/mol. The van der Waals surface area contributed by atoms with E-state index in [0.717, 1.165) is 29.2 Å². The van der Waals surface area contributed by atoms with Crippen LogP contribution in [0.5, 0.6) is 0 Å². The first-order valence-electron chi connectivity index (χ1n) is 9.42. The predicted molar refractivity (Wildman–Crippen MR) is 105 cm³/mol.